The summed E-state index contributed by atoms with van der Waals surface area (Å²) in [7, 11) is 0. The first-order chi connectivity index (χ1) is 8.61. The first kappa shape index (κ1) is 11.2. The molecule has 0 amide bonds. The standard InChI is InChI=1S/C13H14N2O3/c1-7-4-9(16)6-11(14-7)8-2-3-10-12(5-8)18-13(17)15-10/h2-3,5,7,11,14H,4,6H2,1H3,(H,15,17). The van der Waals surface area contributed by atoms with Gasteiger partial charge in [-0.2, -0.15) is 0 Å². The lowest BCUT2D eigenvalue weighted by molar-refractivity contribution is -0.121. The number of rotatable bonds is 1. The van der Waals surface area contributed by atoms with Crippen molar-refractivity contribution in [2.45, 2.75) is 31.8 Å². The number of ketones is 1. The Morgan fingerprint density at radius 3 is 2.89 bits per heavy atom. The molecule has 1 aromatic heterocycles. The molecule has 94 valence electrons. The minimum atomic E-state index is -0.455. The summed E-state index contributed by atoms with van der Waals surface area (Å²) in [6.07, 6.45) is 1.07. The van der Waals surface area contributed by atoms with E-state index in [0.717, 1.165) is 5.56 Å². The summed E-state index contributed by atoms with van der Waals surface area (Å²) in [6.45, 7) is 2.00. The second-order valence-electron chi connectivity index (χ2n) is 4.84. The van der Waals surface area contributed by atoms with Gasteiger partial charge in [0.05, 0.1) is 5.52 Å². The Balaban J connectivity index is 1.98. The van der Waals surface area contributed by atoms with Crippen LogP contribution in [0.4, 0.5) is 0 Å². The van der Waals surface area contributed by atoms with Gasteiger partial charge in [-0.25, -0.2) is 4.79 Å². The van der Waals surface area contributed by atoms with Crippen molar-refractivity contribution in [3.8, 4) is 0 Å². The van der Waals surface area contributed by atoms with Gasteiger partial charge >= 0.3 is 5.76 Å². The molecule has 0 bridgehead atoms. The SMILES string of the molecule is CC1CC(=O)CC(c2ccc3[nH]c(=O)oc3c2)N1. The second-order valence-corrected chi connectivity index (χ2v) is 4.84. The fourth-order valence-electron chi connectivity index (χ4n) is 2.51. The maximum atomic E-state index is 11.6. The summed E-state index contributed by atoms with van der Waals surface area (Å²) in [5.74, 6) is -0.190. The Labute approximate surface area is 103 Å². The molecule has 5 heteroatoms. The van der Waals surface area contributed by atoms with E-state index < -0.39 is 5.76 Å². The molecule has 0 saturated carbocycles. The van der Waals surface area contributed by atoms with Gasteiger partial charge in [-0.05, 0) is 24.6 Å². The third kappa shape index (κ3) is 1.97. The van der Waals surface area contributed by atoms with Crippen molar-refractivity contribution in [1.29, 1.82) is 0 Å². The highest BCUT2D eigenvalue weighted by Crippen LogP contribution is 2.25. The van der Waals surface area contributed by atoms with Crippen molar-refractivity contribution < 1.29 is 9.21 Å². The van der Waals surface area contributed by atoms with E-state index >= 15 is 0 Å². The first-order valence-corrected chi connectivity index (χ1v) is 6.02. The van der Waals surface area contributed by atoms with Gasteiger partial charge in [-0.3, -0.25) is 9.78 Å². The molecule has 2 N–H and O–H groups in total. The van der Waals surface area contributed by atoms with E-state index in [1.807, 2.05) is 19.1 Å². The fourth-order valence-corrected chi connectivity index (χ4v) is 2.51. The average Bonchev–Trinajstić information content (AvgIpc) is 2.66. The summed E-state index contributed by atoms with van der Waals surface area (Å²) in [5, 5.41) is 3.38. The van der Waals surface area contributed by atoms with Gasteiger partial charge in [0.15, 0.2) is 5.58 Å². The van der Waals surface area contributed by atoms with Crippen molar-refractivity contribution in [2.75, 3.05) is 0 Å². The lowest BCUT2D eigenvalue weighted by atomic mass is 9.93. The Kier molecular flexibility index (Phi) is 2.56. The third-order valence-corrected chi connectivity index (χ3v) is 3.30. The van der Waals surface area contributed by atoms with Crippen molar-refractivity contribution >= 4 is 16.9 Å². The van der Waals surface area contributed by atoms with Crippen LogP contribution >= 0.6 is 0 Å². The van der Waals surface area contributed by atoms with Gasteiger partial charge in [0.2, 0.25) is 0 Å². The van der Waals surface area contributed by atoms with Gasteiger partial charge in [-0.15, -0.1) is 0 Å². The summed E-state index contributed by atoms with van der Waals surface area (Å²) in [4.78, 5) is 25.3. The van der Waals surface area contributed by atoms with E-state index in [9.17, 15) is 9.59 Å². The van der Waals surface area contributed by atoms with Gasteiger partial charge in [0, 0.05) is 24.9 Å². The number of carbonyl (C=O) groups is 1. The molecule has 1 aliphatic heterocycles. The number of hydrogen-bond acceptors (Lipinski definition) is 4. The van der Waals surface area contributed by atoms with E-state index in [1.165, 1.54) is 0 Å². The molecule has 1 fully saturated rings. The number of aromatic nitrogens is 1. The number of benzene rings is 1. The van der Waals surface area contributed by atoms with Gasteiger partial charge in [0.25, 0.3) is 0 Å². The molecule has 2 atom stereocenters. The maximum absolute atomic E-state index is 11.6. The topological polar surface area (TPSA) is 75.1 Å². The van der Waals surface area contributed by atoms with Crippen LogP contribution in [0.15, 0.2) is 27.4 Å². The number of aromatic amines is 1. The predicted octanol–water partition coefficient (Wildman–Crippen LogP) is 1.50. The van der Waals surface area contributed by atoms with Crippen LogP contribution in [0.2, 0.25) is 0 Å². The van der Waals surface area contributed by atoms with Crippen molar-refractivity contribution in [3.05, 3.63) is 34.3 Å². The summed E-state index contributed by atoms with van der Waals surface area (Å²) in [5.41, 5.74) is 2.19. The molecular weight excluding hydrogens is 232 g/mol. The summed E-state index contributed by atoms with van der Waals surface area (Å²) >= 11 is 0. The van der Waals surface area contributed by atoms with Gasteiger partial charge < -0.3 is 9.73 Å². The molecule has 2 heterocycles. The zero-order valence-electron chi connectivity index (χ0n) is 10.0. The van der Waals surface area contributed by atoms with Crippen LogP contribution in [-0.2, 0) is 4.79 Å². The molecule has 2 unspecified atom stereocenters. The molecule has 5 nitrogen and oxygen atoms in total. The van der Waals surface area contributed by atoms with Crippen LogP contribution in [0.3, 0.4) is 0 Å². The van der Waals surface area contributed by atoms with Gasteiger partial charge in [0.1, 0.15) is 5.78 Å². The molecule has 3 rings (SSSR count). The first-order valence-electron chi connectivity index (χ1n) is 6.02. The molecule has 1 aromatic carbocycles. The van der Waals surface area contributed by atoms with E-state index in [2.05, 4.69) is 10.3 Å². The molecule has 2 aromatic rings. The predicted molar refractivity (Wildman–Crippen MR) is 66.4 cm³/mol. The number of fused-ring (bicyclic) bond motifs is 1. The van der Waals surface area contributed by atoms with Crippen molar-refractivity contribution in [2.24, 2.45) is 0 Å². The highest BCUT2D eigenvalue weighted by molar-refractivity contribution is 5.81. The number of hydrogen-bond donors (Lipinski definition) is 2. The Morgan fingerprint density at radius 1 is 1.28 bits per heavy atom. The number of piperidine rings is 1. The van der Waals surface area contributed by atoms with E-state index in [4.69, 9.17) is 4.42 Å². The second kappa shape index (κ2) is 4.10. The molecule has 18 heavy (non-hydrogen) atoms. The Bertz CT molecular complexity index is 656. The minimum absolute atomic E-state index is 0.00542. The number of carbonyl (C=O) groups excluding carboxylic acids is 1. The van der Waals surface area contributed by atoms with E-state index in [0.29, 0.717) is 23.9 Å². The summed E-state index contributed by atoms with van der Waals surface area (Å²) in [6, 6.07) is 5.73. The third-order valence-electron chi connectivity index (χ3n) is 3.30. The van der Waals surface area contributed by atoms with Crippen LogP contribution in [0.5, 0.6) is 0 Å². The summed E-state index contributed by atoms with van der Waals surface area (Å²) < 4.78 is 5.03. The molecular formula is C13H14N2O3. The van der Waals surface area contributed by atoms with Crippen LogP contribution < -0.4 is 11.1 Å². The molecule has 0 aliphatic carbocycles. The highest BCUT2D eigenvalue weighted by atomic mass is 16.4. The van der Waals surface area contributed by atoms with Crippen LogP contribution in [-0.4, -0.2) is 16.8 Å². The lowest BCUT2D eigenvalue weighted by Gasteiger charge is -2.28. The molecule has 0 spiro atoms. The highest BCUT2D eigenvalue weighted by Gasteiger charge is 2.25. The van der Waals surface area contributed by atoms with Crippen molar-refractivity contribution in [1.82, 2.24) is 10.3 Å². The fraction of sp³-hybridized carbons (Fsp3) is 0.385. The maximum Gasteiger partial charge on any atom is 0.417 e. The smallest absolute Gasteiger partial charge is 0.408 e. The zero-order valence-corrected chi connectivity index (χ0v) is 10.0. The van der Waals surface area contributed by atoms with Crippen LogP contribution in [0.1, 0.15) is 31.4 Å². The average molecular weight is 246 g/mol. The van der Waals surface area contributed by atoms with Crippen LogP contribution in [0.25, 0.3) is 11.1 Å². The molecule has 1 saturated heterocycles. The number of nitrogens with one attached hydrogen (secondary N) is 2. The van der Waals surface area contributed by atoms with Crippen molar-refractivity contribution in [3.63, 3.8) is 0 Å². The number of oxazole rings is 1. The van der Waals surface area contributed by atoms with Crippen LogP contribution in [0, 0.1) is 0 Å². The Morgan fingerprint density at radius 2 is 2.11 bits per heavy atom. The number of H-pyrrole nitrogens is 1. The molecule has 1 aliphatic rings. The van der Waals surface area contributed by atoms with Gasteiger partial charge in [-0.1, -0.05) is 6.07 Å². The normalized spacial score (nSPS) is 24.6. The monoisotopic (exact) mass is 246 g/mol. The zero-order chi connectivity index (χ0) is 12.7. The number of Topliss-reactive ketones (excluding diaryl/α,β-unsaturated/α-hetero) is 1. The van der Waals surface area contributed by atoms with E-state index in [-0.39, 0.29) is 17.9 Å². The minimum Gasteiger partial charge on any atom is -0.408 e. The van der Waals surface area contributed by atoms with E-state index in [1.54, 1.807) is 6.07 Å². The largest absolute Gasteiger partial charge is 0.417 e. The molecule has 0 radical (unpaired) electrons. The lowest BCUT2D eigenvalue weighted by Crippen LogP contribution is -2.38. The quantitative estimate of drug-likeness (QED) is 0.799. The Hall–Kier alpha value is -1.88.